The van der Waals surface area contributed by atoms with Gasteiger partial charge >= 0.3 is 6.18 Å². The number of alkyl halides is 4. The fourth-order valence-corrected chi connectivity index (χ4v) is 1.54. The van der Waals surface area contributed by atoms with Gasteiger partial charge in [0.25, 0.3) is 0 Å². The lowest BCUT2D eigenvalue weighted by atomic mass is 10.1. The van der Waals surface area contributed by atoms with Gasteiger partial charge in [-0.1, -0.05) is 34.5 Å². The van der Waals surface area contributed by atoms with Crippen molar-refractivity contribution in [3.8, 4) is 0 Å². The lowest BCUT2D eigenvalue weighted by Crippen LogP contribution is -2.23. The normalized spacial score (nSPS) is 13.2. The molecule has 1 rings (SSSR count). The molecule has 1 atom stereocenters. The van der Waals surface area contributed by atoms with E-state index in [2.05, 4.69) is 21.2 Å². The molecule has 0 aliphatic rings. The second kappa shape index (κ2) is 5.93. The summed E-state index contributed by atoms with van der Waals surface area (Å²) in [5.41, 5.74) is -1.26. The minimum absolute atomic E-state index is 0.0359. The van der Waals surface area contributed by atoms with Crippen molar-refractivity contribution in [2.75, 3.05) is 5.32 Å². The van der Waals surface area contributed by atoms with E-state index >= 15 is 0 Å². The van der Waals surface area contributed by atoms with Crippen LogP contribution in [-0.2, 0) is 11.0 Å². The molecule has 0 fully saturated rings. The molecule has 0 heterocycles. The Balaban J connectivity index is 3.06. The van der Waals surface area contributed by atoms with Crippen molar-refractivity contribution in [1.82, 2.24) is 0 Å². The largest absolute Gasteiger partial charge is 0.418 e. The van der Waals surface area contributed by atoms with E-state index in [1.165, 1.54) is 6.07 Å². The van der Waals surface area contributed by atoms with Gasteiger partial charge in [-0.15, -0.1) is 0 Å². The summed E-state index contributed by atoms with van der Waals surface area (Å²) in [4.78, 5) is 11.0. The van der Waals surface area contributed by atoms with Crippen LogP contribution in [0.4, 0.5) is 18.9 Å². The molecule has 0 saturated carbocycles. The van der Waals surface area contributed by atoms with Crippen LogP contribution in [0.3, 0.4) is 0 Å². The lowest BCUT2D eigenvalue weighted by molar-refractivity contribution is -0.137. The maximum Gasteiger partial charge on any atom is 0.418 e. The van der Waals surface area contributed by atoms with Gasteiger partial charge in [-0.05, 0) is 24.6 Å². The Bertz CT molecular complexity index is 450. The predicted octanol–water partition coefficient (Wildman–Crippen LogP) is 4.47. The van der Waals surface area contributed by atoms with E-state index in [4.69, 9.17) is 11.6 Å². The van der Waals surface area contributed by atoms with Gasteiger partial charge in [0, 0.05) is 5.02 Å². The van der Waals surface area contributed by atoms with Gasteiger partial charge in [0.1, 0.15) is 0 Å². The number of rotatable bonds is 3. The Morgan fingerprint density at radius 3 is 2.61 bits per heavy atom. The van der Waals surface area contributed by atoms with Gasteiger partial charge in [0.15, 0.2) is 0 Å². The van der Waals surface area contributed by atoms with Crippen LogP contribution >= 0.6 is 27.5 Å². The molecule has 1 aromatic rings. The number of nitrogens with one attached hydrogen (secondary N) is 1. The van der Waals surface area contributed by atoms with Crippen molar-refractivity contribution in [2.45, 2.75) is 24.3 Å². The maximum absolute atomic E-state index is 12.7. The van der Waals surface area contributed by atoms with Crippen molar-refractivity contribution >= 4 is 39.1 Å². The smallest absolute Gasteiger partial charge is 0.325 e. The Hall–Kier alpha value is -0.750. The maximum atomic E-state index is 12.7. The number of carbonyl (C=O) groups excluding carboxylic acids is 1. The highest BCUT2D eigenvalue weighted by atomic mass is 79.9. The summed E-state index contributed by atoms with van der Waals surface area (Å²) in [6, 6.07) is 3.21. The van der Waals surface area contributed by atoms with Crippen LogP contribution in [0.5, 0.6) is 0 Å². The number of halogens is 5. The van der Waals surface area contributed by atoms with Crippen molar-refractivity contribution in [1.29, 1.82) is 0 Å². The summed E-state index contributed by atoms with van der Waals surface area (Å²) >= 11 is 8.60. The summed E-state index contributed by atoms with van der Waals surface area (Å²) in [5.74, 6) is -0.523. The van der Waals surface area contributed by atoms with E-state index in [0.717, 1.165) is 12.1 Å². The zero-order chi connectivity index (χ0) is 13.9. The minimum Gasteiger partial charge on any atom is -0.325 e. The van der Waals surface area contributed by atoms with E-state index in [1.807, 2.05) is 0 Å². The molecule has 2 nitrogen and oxygen atoms in total. The molecule has 100 valence electrons. The number of anilines is 1. The molecule has 0 spiro atoms. The van der Waals surface area contributed by atoms with Crippen LogP contribution in [0.15, 0.2) is 18.2 Å². The molecule has 1 N–H and O–H groups in total. The van der Waals surface area contributed by atoms with Gasteiger partial charge in [-0.2, -0.15) is 13.2 Å². The number of hydrogen-bond donors (Lipinski definition) is 1. The molecule has 18 heavy (non-hydrogen) atoms. The molecular formula is C11H10BrClF3NO. The highest BCUT2D eigenvalue weighted by Crippen LogP contribution is 2.36. The van der Waals surface area contributed by atoms with Crippen molar-refractivity contribution in [3.63, 3.8) is 0 Å². The Labute approximate surface area is 116 Å². The summed E-state index contributed by atoms with van der Waals surface area (Å²) in [6.45, 7) is 1.74. The topological polar surface area (TPSA) is 29.1 Å². The first-order chi connectivity index (χ1) is 8.25. The quantitative estimate of drug-likeness (QED) is 0.805. The number of hydrogen-bond acceptors (Lipinski definition) is 1. The van der Waals surface area contributed by atoms with E-state index in [0.29, 0.717) is 6.42 Å². The van der Waals surface area contributed by atoms with Crippen LogP contribution < -0.4 is 5.32 Å². The summed E-state index contributed by atoms with van der Waals surface area (Å²) in [7, 11) is 0. The third-order valence-corrected chi connectivity index (χ3v) is 3.49. The van der Waals surface area contributed by atoms with E-state index < -0.39 is 22.5 Å². The van der Waals surface area contributed by atoms with Crippen molar-refractivity contribution < 1.29 is 18.0 Å². The first kappa shape index (κ1) is 15.3. The molecule has 1 unspecified atom stereocenters. The second-order valence-corrected chi connectivity index (χ2v) is 5.09. The fraction of sp³-hybridized carbons (Fsp3) is 0.364. The third-order valence-electron chi connectivity index (χ3n) is 2.19. The number of amides is 1. The standard InChI is InChI=1S/C11H10BrClF3NO/c1-2-8(12)10(18)17-9-4-3-6(13)5-7(9)11(14,15)16/h3-5,8H,2H2,1H3,(H,17,18). The number of benzene rings is 1. The third kappa shape index (κ3) is 3.88. The first-order valence-electron chi connectivity index (χ1n) is 5.07. The monoisotopic (exact) mass is 343 g/mol. The minimum atomic E-state index is -4.57. The van der Waals surface area contributed by atoms with Crippen LogP contribution in [0, 0.1) is 0 Å². The SMILES string of the molecule is CCC(Br)C(=O)Nc1ccc(Cl)cc1C(F)(F)F. The molecular weight excluding hydrogens is 334 g/mol. The number of carbonyl (C=O) groups is 1. The first-order valence-corrected chi connectivity index (χ1v) is 6.36. The zero-order valence-electron chi connectivity index (χ0n) is 9.31. The summed E-state index contributed by atoms with van der Waals surface area (Å²) in [6.07, 6.45) is -4.09. The van der Waals surface area contributed by atoms with Crippen molar-refractivity contribution in [3.05, 3.63) is 28.8 Å². The predicted molar refractivity (Wildman–Crippen MR) is 68.1 cm³/mol. The lowest BCUT2D eigenvalue weighted by Gasteiger charge is -2.15. The highest BCUT2D eigenvalue weighted by molar-refractivity contribution is 9.10. The average molecular weight is 345 g/mol. The molecule has 7 heteroatoms. The molecule has 0 radical (unpaired) electrons. The van der Waals surface area contributed by atoms with Crippen LogP contribution in [0.25, 0.3) is 0 Å². The Morgan fingerprint density at radius 1 is 1.50 bits per heavy atom. The molecule has 0 aromatic heterocycles. The summed E-state index contributed by atoms with van der Waals surface area (Å²) in [5, 5.41) is 2.19. The highest BCUT2D eigenvalue weighted by Gasteiger charge is 2.34. The van der Waals surface area contributed by atoms with Crippen LogP contribution in [0.2, 0.25) is 5.02 Å². The Morgan fingerprint density at radius 2 is 2.11 bits per heavy atom. The van der Waals surface area contributed by atoms with Gasteiger partial charge < -0.3 is 5.32 Å². The van der Waals surface area contributed by atoms with Crippen LogP contribution in [-0.4, -0.2) is 10.7 Å². The molecule has 0 bridgehead atoms. The molecule has 1 aromatic carbocycles. The van der Waals surface area contributed by atoms with E-state index in [9.17, 15) is 18.0 Å². The average Bonchev–Trinajstić information content (AvgIpc) is 2.28. The van der Waals surface area contributed by atoms with Gasteiger partial charge in [0.2, 0.25) is 5.91 Å². The molecule has 1 amide bonds. The van der Waals surface area contributed by atoms with Crippen LogP contribution in [0.1, 0.15) is 18.9 Å². The summed E-state index contributed by atoms with van der Waals surface area (Å²) < 4.78 is 38.2. The zero-order valence-corrected chi connectivity index (χ0v) is 11.7. The Kier molecular flexibility index (Phi) is 5.04. The van der Waals surface area contributed by atoms with E-state index in [-0.39, 0.29) is 10.7 Å². The second-order valence-electron chi connectivity index (χ2n) is 3.55. The van der Waals surface area contributed by atoms with Gasteiger partial charge in [0.05, 0.1) is 16.1 Å². The molecule has 0 aliphatic heterocycles. The van der Waals surface area contributed by atoms with Gasteiger partial charge in [-0.25, -0.2) is 0 Å². The van der Waals surface area contributed by atoms with Crippen molar-refractivity contribution in [2.24, 2.45) is 0 Å². The molecule has 0 aliphatic carbocycles. The van der Waals surface area contributed by atoms with E-state index in [1.54, 1.807) is 6.92 Å². The molecule has 0 saturated heterocycles. The van der Waals surface area contributed by atoms with Gasteiger partial charge in [-0.3, -0.25) is 4.79 Å². The fourth-order valence-electron chi connectivity index (χ4n) is 1.26.